The number of hydrogen-bond donors (Lipinski definition) is 1. The topological polar surface area (TPSA) is 21.3 Å². The molecule has 1 unspecified atom stereocenters. The Morgan fingerprint density at radius 2 is 1.93 bits per heavy atom. The number of ether oxygens (including phenoxy) is 1. The predicted molar refractivity (Wildman–Crippen MR) is 51.3 cm³/mol. The molecule has 15 heavy (non-hydrogen) atoms. The summed E-state index contributed by atoms with van der Waals surface area (Å²) in [5.74, 6) is -3.87. The molecule has 1 aromatic carbocycles. The normalized spacial score (nSPS) is 12.6. The van der Waals surface area contributed by atoms with Crippen molar-refractivity contribution >= 4 is 5.69 Å². The second kappa shape index (κ2) is 5.02. The van der Waals surface area contributed by atoms with Crippen molar-refractivity contribution in [2.24, 2.45) is 0 Å². The lowest BCUT2D eigenvalue weighted by molar-refractivity contribution is 0.128. The molecule has 84 valence electrons. The summed E-state index contributed by atoms with van der Waals surface area (Å²) in [6, 6.07) is 2.02. The Morgan fingerprint density at radius 3 is 2.53 bits per heavy atom. The third-order valence-corrected chi connectivity index (χ3v) is 2.02. The first-order valence-electron chi connectivity index (χ1n) is 4.46. The highest BCUT2D eigenvalue weighted by molar-refractivity contribution is 5.45. The van der Waals surface area contributed by atoms with Crippen molar-refractivity contribution in [2.45, 2.75) is 13.0 Å². The Bertz CT molecular complexity index is 344. The van der Waals surface area contributed by atoms with E-state index >= 15 is 0 Å². The van der Waals surface area contributed by atoms with E-state index in [-0.39, 0.29) is 11.8 Å². The number of halogens is 3. The summed E-state index contributed by atoms with van der Waals surface area (Å²) in [6.07, 6.45) is -0.141. The summed E-state index contributed by atoms with van der Waals surface area (Å²) in [7, 11) is 1.51. The van der Waals surface area contributed by atoms with Crippen LogP contribution in [0.15, 0.2) is 12.1 Å². The second-order valence-corrected chi connectivity index (χ2v) is 3.15. The van der Waals surface area contributed by atoms with Gasteiger partial charge in [0.15, 0.2) is 17.5 Å². The van der Waals surface area contributed by atoms with Crippen LogP contribution in [0.4, 0.5) is 18.9 Å². The monoisotopic (exact) mass is 219 g/mol. The number of anilines is 1. The summed E-state index contributed by atoms with van der Waals surface area (Å²) in [6.45, 7) is 2.09. The number of nitrogens with one attached hydrogen (secondary N) is 1. The van der Waals surface area contributed by atoms with Crippen LogP contribution in [0, 0.1) is 17.5 Å². The van der Waals surface area contributed by atoms with Gasteiger partial charge in [-0.3, -0.25) is 0 Å². The molecule has 1 aromatic rings. The van der Waals surface area contributed by atoms with Crippen LogP contribution in [0.3, 0.4) is 0 Å². The van der Waals surface area contributed by atoms with E-state index in [1.807, 2.05) is 0 Å². The quantitative estimate of drug-likeness (QED) is 0.786. The second-order valence-electron chi connectivity index (χ2n) is 3.15. The first-order valence-corrected chi connectivity index (χ1v) is 4.46. The molecule has 0 fully saturated rings. The Kier molecular flexibility index (Phi) is 3.96. The molecule has 1 rings (SSSR count). The smallest absolute Gasteiger partial charge is 0.196 e. The molecule has 1 N–H and O–H groups in total. The Balaban J connectivity index is 2.74. The summed E-state index contributed by atoms with van der Waals surface area (Å²) >= 11 is 0. The van der Waals surface area contributed by atoms with Crippen LogP contribution in [0.2, 0.25) is 0 Å². The summed E-state index contributed by atoms with van der Waals surface area (Å²) < 4.78 is 43.3. The van der Waals surface area contributed by atoms with Crippen LogP contribution in [0.25, 0.3) is 0 Å². The van der Waals surface area contributed by atoms with Crippen molar-refractivity contribution in [3.8, 4) is 0 Å². The third-order valence-electron chi connectivity index (χ3n) is 2.02. The fourth-order valence-electron chi connectivity index (χ4n) is 0.999. The first-order chi connectivity index (χ1) is 7.06. The van der Waals surface area contributed by atoms with Crippen molar-refractivity contribution in [2.75, 3.05) is 19.0 Å². The van der Waals surface area contributed by atoms with Gasteiger partial charge in [-0.1, -0.05) is 0 Å². The molecule has 0 radical (unpaired) electrons. The zero-order valence-corrected chi connectivity index (χ0v) is 8.48. The average molecular weight is 219 g/mol. The van der Waals surface area contributed by atoms with Gasteiger partial charge in [0, 0.05) is 13.7 Å². The first kappa shape index (κ1) is 11.8. The van der Waals surface area contributed by atoms with Crippen molar-refractivity contribution in [1.29, 1.82) is 0 Å². The van der Waals surface area contributed by atoms with Gasteiger partial charge >= 0.3 is 0 Å². The summed E-state index contributed by atoms with van der Waals surface area (Å²) in [5, 5.41) is 2.62. The van der Waals surface area contributed by atoms with Crippen molar-refractivity contribution in [1.82, 2.24) is 0 Å². The predicted octanol–water partition coefficient (Wildman–Crippen LogP) is 2.55. The Hall–Kier alpha value is -1.23. The van der Waals surface area contributed by atoms with E-state index < -0.39 is 17.5 Å². The fraction of sp³-hybridized carbons (Fsp3) is 0.400. The lowest BCUT2D eigenvalue weighted by Crippen LogP contribution is -2.19. The van der Waals surface area contributed by atoms with Crippen LogP contribution in [-0.4, -0.2) is 19.8 Å². The Morgan fingerprint density at radius 1 is 1.27 bits per heavy atom. The van der Waals surface area contributed by atoms with Gasteiger partial charge < -0.3 is 10.1 Å². The van der Waals surface area contributed by atoms with E-state index in [4.69, 9.17) is 4.74 Å². The molecular weight excluding hydrogens is 207 g/mol. The van der Waals surface area contributed by atoms with Gasteiger partial charge in [-0.15, -0.1) is 0 Å². The lowest BCUT2D eigenvalue weighted by Gasteiger charge is -2.12. The third kappa shape index (κ3) is 2.86. The minimum atomic E-state index is -1.47. The highest BCUT2D eigenvalue weighted by atomic mass is 19.2. The van der Waals surface area contributed by atoms with E-state index in [0.29, 0.717) is 6.54 Å². The number of rotatable bonds is 4. The number of hydrogen-bond acceptors (Lipinski definition) is 2. The number of methoxy groups -OCH3 is 1. The lowest BCUT2D eigenvalue weighted by atomic mass is 10.2. The highest BCUT2D eigenvalue weighted by Gasteiger charge is 2.13. The SMILES string of the molecule is COC(C)CNc1ccc(F)c(F)c1F. The van der Waals surface area contributed by atoms with Crippen LogP contribution < -0.4 is 5.32 Å². The van der Waals surface area contributed by atoms with Crippen LogP contribution >= 0.6 is 0 Å². The van der Waals surface area contributed by atoms with Gasteiger partial charge in [-0.25, -0.2) is 13.2 Å². The molecule has 2 nitrogen and oxygen atoms in total. The van der Waals surface area contributed by atoms with Gasteiger partial charge in [0.05, 0.1) is 11.8 Å². The molecule has 0 amide bonds. The van der Waals surface area contributed by atoms with E-state index in [1.165, 1.54) is 7.11 Å². The van der Waals surface area contributed by atoms with Gasteiger partial charge in [0.25, 0.3) is 0 Å². The molecule has 0 saturated carbocycles. The highest BCUT2D eigenvalue weighted by Crippen LogP contribution is 2.19. The molecule has 0 saturated heterocycles. The average Bonchev–Trinajstić information content (AvgIpc) is 2.24. The Labute approximate surface area is 86.1 Å². The standard InChI is InChI=1S/C10H12F3NO/c1-6(15-2)5-14-8-4-3-7(11)9(12)10(8)13/h3-4,6,14H,5H2,1-2H3. The van der Waals surface area contributed by atoms with E-state index in [9.17, 15) is 13.2 Å². The molecule has 0 bridgehead atoms. The molecule has 0 aromatic heterocycles. The van der Waals surface area contributed by atoms with Gasteiger partial charge in [-0.05, 0) is 19.1 Å². The van der Waals surface area contributed by atoms with Gasteiger partial charge in [0.1, 0.15) is 0 Å². The van der Waals surface area contributed by atoms with E-state index in [0.717, 1.165) is 12.1 Å². The molecule has 5 heteroatoms. The van der Waals surface area contributed by atoms with E-state index in [2.05, 4.69) is 5.32 Å². The maximum absolute atomic E-state index is 13.1. The maximum atomic E-state index is 13.1. The minimum absolute atomic E-state index is 0.0715. The largest absolute Gasteiger partial charge is 0.380 e. The van der Waals surface area contributed by atoms with Crippen LogP contribution in [0.5, 0.6) is 0 Å². The zero-order chi connectivity index (χ0) is 11.4. The van der Waals surface area contributed by atoms with E-state index in [1.54, 1.807) is 6.92 Å². The molecule has 0 aliphatic carbocycles. The van der Waals surface area contributed by atoms with Crippen molar-refractivity contribution in [3.63, 3.8) is 0 Å². The summed E-state index contributed by atoms with van der Waals surface area (Å²) in [4.78, 5) is 0. The minimum Gasteiger partial charge on any atom is -0.380 e. The van der Waals surface area contributed by atoms with Crippen molar-refractivity contribution in [3.05, 3.63) is 29.6 Å². The molecule has 1 atom stereocenters. The van der Waals surface area contributed by atoms with Crippen LogP contribution in [0.1, 0.15) is 6.92 Å². The zero-order valence-electron chi connectivity index (χ0n) is 8.48. The van der Waals surface area contributed by atoms with Gasteiger partial charge in [0.2, 0.25) is 0 Å². The van der Waals surface area contributed by atoms with Crippen LogP contribution in [-0.2, 0) is 4.74 Å². The molecule has 0 heterocycles. The molecule has 0 spiro atoms. The molecular formula is C10H12F3NO. The molecule has 0 aliphatic rings. The summed E-state index contributed by atoms with van der Waals surface area (Å²) in [5.41, 5.74) is -0.0715. The number of benzene rings is 1. The molecule has 0 aliphatic heterocycles. The van der Waals surface area contributed by atoms with Crippen molar-refractivity contribution < 1.29 is 17.9 Å². The maximum Gasteiger partial charge on any atom is 0.196 e. The van der Waals surface area contributed by atoms with Gasteiger partial charge in [-0.2, -0.15) is 0 Å². The fourth-order valence-corrected chi connectivity index (χ4v) is 0.999.